The number of nitrogens with two attached hydrogens (primary N) is 1. The first-order valence-electron chi connectivity index (χ1n) is 7.98. The van der Waals surface area contributed by atoms with Gasteiger partial charge in [0.2, 0.25) is 0 Å². The molecule has 4 nitrogen and oxygen atoms in total. The fourth-order valence-corrected chi connectivity index (χ4v) is 2.67. The van der Waals surface area contributed by atoms with E-state index >= 15 is 0 Å². The minimum Gasteiger partial charge on any atom is -0.375 e. The Labute approximate surface area is 152 Å². The molecule has 132 valence electrons. The number of hydrogen-bond acceptors (Lipinski definition) is 3. The van der Waals surface area contributed by atoms with E-state index in [-0.39, 0.29) is 36.8 Å². The predicted octanol–water partition coefficient (Wildman–Crippen LogP) is 3.33. The van der Waals surface area contributed by atoms with Crippen molar-refractivity contribution >= 4 is 36.4 Å². The van der Waals surface area contributed by atoms with Gasteiger partial charge in [0.25, 0.3) is 5.91 Å². The SMILES string of the molecule is CCCCN(C)c1ccc(C(=O)N2CCC(N)CC2)cc1.Cl.Cl. The van der Waals surface area contributed by atoms with Crippen LogP contribution in [0, 0.1) is 0 Å². The van der Waals surface area contributed by atoms with Gasteiger partial charge in [-0.2, -0.15) is 0 Å². The molecule has 2 rings (SSSR count). The minimum atomic E-state index is 0. The highest BCUT2D eigenvalue weighted by molar-refractivity contribution is 5.94. The number of piperidine rings is 1. The molecular formula is C17H29Cl2N3O. The Morgan fingerprint density at radius 3 is 2.30 bits per heavy atom. The fourth-order valence-electron chi connectivity index (χ4n) is 2.67. The number of anilines is 1. The van der Waals surface area contributed by atoms with Crippen molar-refractivity contribution in [3.05, 3.63) is 29.8 Å². The number of rotatable bonds is 5. The predicted molar refractivity (Wildman–Crippen MR) is 102 cm³/mol. The maximum Gasteiger partial charge on any atom is 0.253 e. The zero-order valence-electron chi connectivity index (χ0n) is 14.0. The molecule has 0 atom stereocenters. The lowest BCUT2D eigenvalue weighted by atomic mass is 10.0. The fraction of sp³-hybridized carbons (Fsp3) is 0.588. The molecule has 1 aromatic carbocycles. The van der Waals surface area contributed by atoms with Gasteiger partial charge in [-0.3, -0.25) is 4.79 Å². The number of unbranched alkanes of at least 4 members (excludes halogenated alkanes) is 1. The van der Waals surface area contributed by atoms with Crippen LogP contribution in [-0.4, -0.2) is 43.5 Å². The van der Waals surface area contributed by atoms with E-state index < -0.39 is 0 Å². The van der Waals surface area contributed by atoms with E-state index in [2.05, 4.69) is 18.9 Å². The van der Waals surface area contributed by atoms with Crippen LogP contribution in [0.25, 0.3) is 0 Å². The molecule has 1 saturated heterocycles. The molecule has 1 heterocycles. The molecule has 0 unspecified atom stereocenters. The van der Waals surface area contributed by atoms with Gasteiger partial charge in [0.15, 0.2) is 0 Å². The third kappa shape index (κ3) is 6.21. The normalized spacial score (nSPS) is 14.7. The number of nitrogens with zero attached hydrogens (tertiary/aromatic N) is 2. The van der Waals surface area contributed by atoms with E-state index in [1.807, 2.05) is 29.2 Å². The summed E-state index contributed by atoms with van der Waals surface area (Å²) in [4.78, 5) is 16.6. The highest BCUT2D eigenvalue weighted by Gasteiger charge is 2.21. The number of amides is 1. The van der Waals surface area contributed by atoms with E-state index in [1.54, 1.807) is 0 Å². The Hall–Kier alpha value is -0.970. The van der Waals surface area contributed by atoms with Crippen LogP contribution in [0.5, 0.6) is 0 Å². The lowest BCUT2D eigenvalue weighted by Crippen LogP contribution is -2.42. The molecule has 1 fully saturated rings. The van der Waals surface area contributed by atoms with Gasteiger partial charge in [0.1, 0.15) is 0 Å². The second-order valence-corrected chi connectivity index (χ2v) is 5.95. The Balaban J connectivity index is 0.00000242. The monoisotopic (exact) mass is 361 g/mol. The maximum absolute atomic E-state index is 12.4. The van der Waals surface area contributed by atoms with Gasteiger partial charge in [-0.15, -0.1) is 24.8 Å². The number of likely N-dealkylation sites (tertiary alicyclic amines) is 1. The third-order valence-corrected chi connectivity index (χ3v) is 4.23. The van der Waals surface area contributed by atoms with E-state index in [4.69, 9.17) is 5.73 Å². The van der Waals surface area contributed by atoms with E-state index in [0.717, 1.165) is 38.0 Å². The largest absolute Gasteiger partial charge is 0.375 e. The molecular weight excluding hydrogens is 333 g/mol. The summed E-state index contributed by atoms with van der Waals surface area (Å²) in [7, 11) is 2.10. The van der Waals surface area contributed by atoms with Crippen LogP contribution < -0.4 is 10.6 Å². The number of carbonyl (C=O) groups excluding carboxylic acids is 1. The highest BCUT2D eigenvalue weighted by atomic mass is 35.5. The van der Waals surface area contributed by atoms with Crippen molar-refractivity contribution in [2.45, 2.75) is 38.6 Å². The van der Waals surface area contributed by atoms with Crippen molar-refractivity contribution in [1.82, 2.24) is 4.90 Å². The summed E-state index contributed by atoms with van der Waals surface area (Å²) in [6, 6.07) is 8.21. The summed E-state index contributed by atoms with van der Waals surface area (Å²) < 4.78 is 0. The van der Waals surface area contributed by atoms with Crippen molar-refractivity contribution in [3.63, 3.8) is 0 Å². The summed E-state index contributed by atoms with van der Waals surface area (Å²) in [5.41, 5.74) is 7.83. The first-order chi connectivity index (χ1) is 10.1. The molecule has 23 heavy (non-hydrogen) atoms. The Bertz CT molecular complexity index is 459. The second-order valence-electron chi connectivity index (χ2n) is 5.95. The van der Waals surface area contributed by atoms with Crippen LogP contribution in [-0.2, 0) is 0 Å². The zero-order chi connectivity index (χ0) is 15.2. The summed E-state index contributed by atoms with van der Waals surface area (Å²) in [6.45, 7) is 4.80. The Morgan fingerprint density at radius 1 is 1.22 bits per heavy atom. The smallest absolute Gasteiger partial charge is 0.253 e. The van der Waals surface area contributed by atoms with Crippen molar-refractivity contribution in [3.8, 4) is 0 Å². The summed E-state index contributed by atoms with van der Waals surface area (Å²) in [5, 5.41) is 0. The van der Waals surface area contributed by atoms with E-state index in [9.17, 15) is 4.79 Å². The molecule has 2 N–H and O–H groups in total. The average molecular weight is 362 g/mol. The lowest BCUT2D eigenvalue weighted by Gasteiger charge is -2.30. The second kappa shape index (κ2) is 10.7. The van der Waals surface area contributed by atoms with Gasteiger partial charge in [-0.05, 0) is 43.5 Å². The maximum atomic E-state index is 12.4. The molecule has 1 aromatic rings. The summed E-state index contributed by atoms with van der Waals surface area (Å²) >= 11 is 0. The topological polar surface area (TPSA) is 49.6 Å². The van der Waals surface area contributed by atoms with Gasteiger partial charge in [0, 0.05) is 44.0 Å². The van der Waals surface area contributed by atoms with Crippen molar-refractivity contribution in [2.24, 2.45) is 5.73 Å². The quantitative estimate of drug-likeness (QED) is 0.874. The molecule has 6 heteroatoms. The van der Waals surface area contributed by atoms with Crippen LogP contribution in [0.3, 0.4) is 0 Å². The number of benzene rings is 1. The van der Waals surface area contributed by atoms with Gasteiger partial charge >= 0.3 is 0 Å². The summed E-state index contributed by atoms with van der Waals surface area (Å²) in [6.07, 6.45) is 4.19. The molecule has 1 amide bonds. The molecule has 1 aliphatic rings. The molecule has 0 spiro atoms. The lowest BCUT2D eigenvalue weighted by molar-refractivity contribution is 0.0715. The van der Waals surface area contributed by atoms with Crippen LogP contribution >= 0.6 is 24.8 Å². The number of carbonyl (C=O) groups is 1. The van der Waals surface area contributed by atoms with Crippen LogP contribution in [0.15, 0.2) is 24.3 Å². The van der Waals surface area contributed by atoms with Crippen LogP contribution in [0.1, 0.15) is 43.0 Å². The van der Waals surface area contributed by atoms with Gasteiger partial charge < -0.3 is 15.5 Å². The first-order valence-corrected chi connectivity index (χ1v) is 7.98. The summed E-state index contributed by atoms with van der Waals surface area (Å²) in [5.74, 6) is 0.129. The Morgan fingerprint density at radius 2 is 1.78 bits per heavy atom. The van der Waals surface area contributed by atoms with Crippen LogP contribution in [0.4, 0.5) is 5.69 Å². The molecule has 0 radical (unpaired) electrons. The van der Waals surface area contributed by atoms with E-state index in [0.29, 0.717) is 0 Å². The molecule has 0 saturated carbocycles. The third-order valence-electron chi connectivity index (χ3n) is 4.23. The number of hydrogen-bond donors (Lipinski definition) is 1. The molecule has 0 aromatic heterocycles. The van der Waals surface area contributed by atoms with Gasteiger partial charge in [-0.1, -0.05) is 13.3 Å². The van der Waals surface area contributed by atoms with E-state index in [1.165, 1.54) is 18.5 Å². The van der Waals surface area contributed by atoms with Crippen molar-refractivity contribution in [2.75, 3.05) is 31.6 Å². The minimum absolute atomic E-state index is 0. The number of halogens is 2. The average Bonchev–Trinajstić information content (AvgIpc) is 2.53. The van der Waals surface area contributed by atoms with Crippen molar-refractivity contribution in [1.29, 1.82) is 0 Å². The molecule has 0 bridgehead atoms. The van der Waals surface area contributed by atoms with Crippen LogP contribution in [0.2, 0.25) is 0 Å². The highest BCUT2D eigenvalue weighted by Crippen LogP contribution is 2.17. The first kappa shape index (κ1) is 22.0. The Kier molecular flexibility index (Phi) is 10.3. The van der Waals surface area contributed by atoms with Gasteiger partial charge in [0.05, 0.1) is 0 Å². The molecule has 0 aliphatic carbocycles. The molecule has 1 aliphatic heterocycles. The standard InChI is InChI=1S/C17H27N3O.2ClH/c1-3-4-11-19(2)16-7-5-14(6-8-16)17(21)20-12-9-15(18)10-13-20;;/h5-8,15H,3-4,9-13,18H2,1-2H3;2*1H. The zero-order valence-corrected chi connectivity index (χ0v) is 15.7. The van der Waals surface area contributed by atoms with Gasteiger partial charge in [-0.25, -0.2) is 0 Å². The van der Waals surface area contributed by atoms with Crippen molar-refractivity contribution < 1.29 is 4.79 Å².